The summed E-state index contributed by atoms with van der Waals surface area (Å²) in [4.78, 5) is 2.49. The predicted octanol–water partition coefficient (Wildman–Crippen LogP) is 3.79. The van der Waals surface area contributed by atoms with Crippen molar-refractivity contribution in [3.63, 3.8) is 0 Å². The zero-order valence-corrected chi connectivity index (χ0v) is 11.3. The Labute approximate surface area is 96.2 Å². The molecule has 1 nitrogen and oxygen atoms in total. The van der Waals surface area contributed by atoms with E-state index in [9.17, 15) is 0 Å². The zero-order valence-electron chi connectivity index (χ0n) is 11.3. The van der Waals surface area contributed by atoms with Gasteiger partial charge in [-0.25, -0.2) is 0 Å². The van der Waals surface area contributed by atoms with Gasteiger partial charge in [0.05, 0.1) is 0 Å². The summed E-state index contributed by atoms with van der Waals surface area (Å²) in [5.74, 6) is 1.71. The molecule has 15 heavy (non-hydrogen) atoms. The molecule has 1 heterocycles. The lowest BCUT2D eigenvalue weighted by atomic mass is 9.68. The third-order valence-electron chi connectivity index (χ3n) is 3.73. The second-order valence-electron chi connectivity index (χ2n) is 6.50. The van der Waals surface area contributed by atoms with Gasteiger partial charge in [-0.3, -0.25) is 0 Å². The van der Waals surface area contributed by atoms with Crippen molar-refractivity contribution in [1.29, 1.82) is 0 Å². The van der Waals surface area contributed by atoms with Gasteiger partial charge in [-0.15, -0.1) is 0 Å². The van der Waals surface area contributed by atoms with E-state index in [1.54, 1.807) is 0 Å². The monoisotopic (exact) mass is 211 g/mol. The highest BCUT2D eigenvalue weighted by atomic mass is 15.1. The van der Waals surface area contributed by atoms with Gasteiger partial charge in [0, 0.05) is 0 Å². The molecule has 0 amide bonds. The Balaban J connectivity index is 2.60. The maximum absolute atomic E-state index is 2.49. The van der Waals surface area contributed by atoms with Gasteiger partial charge in [0.2, 0.25) is 0 Å². The molecule has 0 spiro atoms. The molecule has 0 saturated carbocycles. The summed E-state index contributed by atoms with van der Waals surface area (Å²) in [6, 6.07) is 0. The van der Waals surface area contributed by atoms with Gasteiger partial charge in [-0.05, 0) is 63.1 Å². The van der Waals surface area contributed by atoms with Crippen molar-refractivity contribution >= 4 is 0 Å². The van der Waals surface area contributed by atoms with Gasteiger partial charge < -0.3 is 4.90 Å². The highest BCUT2D eigenvalue weighted by molar-refractivity contribution is 4.86. The highest BCUT2D eigenvalue weighted by Gasteiger charge is 2.34. The van der Waals surface area contributed by atoms with Crippen LogP contribution in [0.4, 0.5) is 0 Å². The SMILES string of the molecule is CC(C)CC1(CC(C)C)CCN(C)CC1. The van der Waals surface area contributed by atoms with Crippen molar-refractivity contribution in [2.75, 3.05) is 20.1 Å². The Morgan fingerprint density at radius 2 is 1.33 bits per heavy atom. The van der Waals surface area contributed by atoms with Crippen LogP contribution in [0.5, 0.6) is 0 Å². The molecule has 0 aromatic rings. The van der Waals surface area contributed by atoms with Gasteiger partial charge in [-0.2, -0.15) is 0 Å². The van der Waals surface area contributed by atoms with Crippen LogP contribution in [0.25, 0.3) is 0 Å². The Kier molecular flexibility index (Phi) is 4.64. The lowest BCUT2D eigenvalue weighted by molar-refractivity contribution is 0.0761. The minimum atomic E-state index is 0.662. The van der Waals surface area contributed by atoms with Crippen LogP contribution in [0, 0.1) is 17.3 Å². The van der Waals surface area contributed by atoms with Crippen LogP contribution in [-0.2, 0) is 0 Å². The third kappa shape index (κ3) is 4.14. The Morgan fingerprint density at radius 3 is 1.67 bits per heavy atom. The summed E-state index contributed by atoms with van der Waals surface area (Å²) in [6.07, 6.45) is 5.69. The normalized spacial score (nSPS) is 22.6. The Bertz CT molecular complexity index is 164. The van der Waals surface area contributed by atoms with Crippen LogP contribution in [0.2, 0.25) is 0 Å². The molecule has 0 N–H and O–H groups in total. The van der Waals surface area contributed by atoms with E-state index in [4.69, 9.17) is 0 Å². The summed E-state index contributed by atoms with van der Waals surface area (Å²) in [7, 11) is 2.26. The van der Waals surface area contributed by atoms with E-state index in [1.807, 2.05) is 0 Å². The molecule has 90 valence electrons. The molecule has 1 aliphatic heterocycles. The van der Waals surface area contributed by atoms with Gasteiger partial charge in [0.15, 0.2) is 0 Å². The molecule has 0 atom stereocenters. The molecular weight excluding hydrogens is 182 g/mol. The first-order valence-electron chi connectivity index (χ1n) is 6.62. The smallest absolute Gasteiger partial charge is 0.00165 e. The van der Waals surface area contributed by atoms with Crippen molar-refractivity contribution in [2.45, 2.75) is 53.4 Å². The van der Waals surface area contributed by atoms with Gasteiger partial charge >= 0.3 is 0 Å². The van der Waals surface area contributed by atoms with Crippen LogP contribution in [0.1, 0.15) is 53.4 Å². The summed E-state index contributed by atoms with van der Waals surface area (Å²) < 4.78 is 0. The number of hydrogen-bond acceptors (Lipinski definition) is 1. The van der Waals surface area contributed by atoms with E-state index in [0.717, 1.165) is 11.8 Å². The number of rotatable bonds is 4. The standard InChI is InChI=1S/C14H29N/c1-12(2)10-14(11-13(3)4)6-8-15(5)9-7-14/h12-13H,6-11H2,1-5H3. The first-order valence-corrected chi connectivity index (χ1v) is 6.62. The van der Waals surface area contributed by atoms with E-state index >= 15 is 0 Å². The molecule has 0 aromatic carbocycles. The average Bonchev–Trinajstić information content (AvgIpc) is 2.08. The first kappa shape index (κ1) is 13.0. The molecule has 0 unspecified atom stereocenters. The third-order valence-corrected chi connectivity index (χ3v) is 3.73. The average molecular weight is 211 g/mol. The van der Waals surface area contributed by atoms with Crippen LogP contribution in [0.15, 0.2) is 0 Å². The molecule has 1 rings (SSSR count). The maximum Gasteiger partial charge on any atom is -0.00165 e. The zero-order chi connectivity index (χ0) is 11.5. The van der Waals surface area contributed by atoms with Crippen LogP contribution < -0.4 is 0 Å². The summed E-state index contributed by atoms with van der Waals surface area (Å²) >= 11 is 0. The fourth-order valence-electron chi connectivity index (χ4n) is 3.32. The molecule has 0 radical (unpaired) electrons. The Morgan fingerprint density at radius 1 is 0.933 bits per heavy atom. The van der Waals surface area contributed by atoms with Crippen molar-refractivity contribution < 1.29 is 0 Å². The van der Waals surface area contributed by atoms with E-state index in [2.05, 4.69) is 39.6 Å². The number of likely N-dealkylation sites (tertiary alicyclic amines) is 1. The lowest BCUT2D eigenvalue weighted by Gasteiger charge is -2.43. The van der Waals surface area contributed by atoms with Gasteiger partial charge in [0.1, 0.15) is 0 Å². The second-order valence-corrected chi connectivity index (χ2v) is 6.50. The largest absolute Gasteiger partial charge is 0.306 e. The minimum absolute atomic E-state index is 0.662. The number of hydrogen-bond donors (Lipinski definition) is 0. The first-order chi connectivity index (χ1) is 6.93. The van der Waals surface area contributed by atoms with Crippen LogP contribution >= 0.6 is 0 Å². The fraction of sp³-hybridized carbons (Fsp3) is 1.00. The summed E-state index contributed by atoms with van der Waals surface area (Å²) in [6.45, 7) is 12.1. The van der Waals surface area contributed by atoms with E-state index in [1.165, 1.54) is 38.8 Å². The van der Waals surface area contributed by atoms with Crippen molar-refractivity contribution in [2.24, 2.45) is 17.3 Å². The highest BCUT2D eigenvalue weighted by Crippen LogP contribution is 2.42. The van der Waals surface area contributed by atoms with E-state index in [0.29, 0.717) is 5.41 Å². The van der Waals surface area contributed by atoms with Crippen molar-refractivity contribution in [3.8, 4) is 0 Å². The molecule has 0 aromatic heterocycles. The molecule has 1 fully saturated rings. The molecule has 1 heteroatoms. The molecule has 1 saturated heterocycles. The van der Waals surface area contributed by atoms with Crippen LogP contribution in [0.3, 0.4) is 0 Å². The van der Waals surface area contributed by atoms with E-state index in [-0.39, 0.29) is 0 Å². The van der Waals surface area contributed by atoms with Gasteiger partial charge in [-0.1, -0.05) is 27.7 Å². The van der Waals surface area contributed by atoms with Crippen LogP contribution in [-0.4, -0.2) is 25.0 Å². The fourth-order valence-corrected chi connectivity index (χ4v) is 3.32. The predicted molar refractivity (Wildman–Crippen MR) is 68.1 cm³/mol. The quantitative estimate of drug-likeness (QED) is 0.684. The summed E-state index contributed by atoms with van der Waals surface area (Å²) in [5.41, 5.74) is 0.662. The van der Waals surface area contributed by atoms with Crippen molar-refractivity contribution in [1.82, 2.24) is 4.90 Å². The van der Waals surface area contributed by atoms with Gasteiger partial charge in [0.25, 0.3) is 0 Å². The summed E-state index contributed by atoms with van der Waals surface area (Å²) in [5, 5.41) is 0. The molecular formula is C14H29N. The number of piperidine rings is 1. The Hall–Kier alpha value is -0.0400. The molecule has 0 bridgehead atoms. The lowest BCUT2D eigenvalue weighted by Crippen LogP contribution is -2.39. The molecule has 0 aliphatic carbocycles. The maximum atomic E-state index is 2.49. The second kappa shape index (κ2) is 5.34. The van der Waals surface area contributed by atoms with Crippen molar-refractivity contribution in [3.05, 3.63) is 0 Å². The minimum Gasteiger partial charge on any atom is -0.306 e. The topological polar surface area (TPSA) is 3.24 Å². The molecule has 1 aliphatic rings. The van der Waals surface area contributed by atoms with E-state index < -0.39 is 0 Å². The number of nitrogens with zero attached hydrogens (tertiary/aromatic N) is 1.